The number of carboxylic acids is 1. The molecule has 7 heteroatoms. The third-order valence-corrected chi connectivity index (χ3v) is 4.59. The molecule has 0 atom stereocenters. The van der Waals surface area contributed by atoms with Crippen molar-refractivity contribution in [3.05, 3.63) is 23.9 Å². The molecular formula is C11H16N2O4S. The molecule has 0 aliphatic heterocycles. The Hall–Kier alpha value is -1.63. The Labute approximate surface area is 106 Å². The van der Waals surface area contributed by atoms with Crippen molar-refractivity contribution < 1.29 is 18.3 Å². The number of carbonyl (C=O) groups is 1. The van der Waals surface area contributed by atoms with Gasteiger partial charge >= 0.3 is 5.97 Å². The van der Waals surface area contributed by atoms with Gasteiger partial charge in [-0.05, 0) is 26.0 Å². The minimum atomic E-state index is -3.10. The van der Waals surface area contributed by atoms with Crippen LogP contribution in [0.2, 0.25) is 0 Å². The van der Waals surface area contributed by atoms with Gasteiger partial charge in [-0.2, -0.15) is 0 Å². The van der Waals surface area contributed by atoms with E-state index in [1.165, 1.54) is 6.07 Å². The summed E-state index contributed by atoms with van der Waals surface area (Å²) in [6.45, 7) is 3.45. The molecule has 2 N–H and O–H groups in total. The number of aromatic carboxylic acids is 1. The second kappa shape index (κ2) is 5.81. The SMILES string of the molecule is CC(C)S(=O)(=O)CCNc1cccc(C(=O)O)n1. The summed E-state index contributed by atoms with van der Waals surface area (Å²) < 4.78 is 23.1. The molecular weight excluding hydrogens is 256 g/mol. The van der Waals surface area contributed by atoms with E-state index in [9.17, 15) is 13.2 Å². The Kier molecular flexibility index (Phi) is 4.66. The van der Waals surface area contributed by atoms with Gasteiger partial charge in [-0.15, -0.1) is 0 Å². The van der Waals surface area contributed by atoms with Gasteiger partial charge in [0.15, 0.2) is 15.5 Å². The van der Waals surface area contributed by atoms with Gasteiger partial charge in [0.1, 0.15) is 5.82 Å². The average molecular weight is 272 g/mol. The van der Waals surface area contributed by atoms with Crippen molar-refractivity contribution in [3.63, 3.8) is 0 Å². The Bertz CT molecular complexity index is 526. The summed E-state index contributed by atoms with van der Waals surface area (Å²) in [4.78, 5) is 14.5. The number of hydrogen-bond donors (Lipinski definition) is 2. The van der Waals surface area contributed by atoms with Crippen molar-refractivity contribution in [2.75, 3.05) is 17.6 Å². The first-order valence-electron chi connectivity index (χ1n) is 5.48. The molecule has 0 unspecified atom stereocenters. The van der Waals surface area contributed by atoms with E-state index in [1.54, 1.807) is 26.0 Å². The molecule has 100 valence electrons. The van der Waals surface area contributed by atoms with Crippen LogP contribution in [0.15, 0.2) is 18.2 Å². The number of sulfone groups is 1. The van der Waals surface area contributed by atoms with E-state index in [4.69, 9.17) is 5.11 Å². The lowest BCUT2D eigenvalue weighted by Crippen LogP contribution is -2.23. The first-order chi connectivity index (χ1) is 8.33. The standard InChI is InChI=1S/C11H16N2O4S/c1-8(2)18(16,17)7-6-12-10-5-3-4-9(13-10)11(14)15/h3-5,8H,6-7H2,1-2H3,(H,12,13)(H,14,15). The number of nitrogens with one attached hydrogen (secondary N) is 1. The molecule has 0 spiro atoms. The van der Waals surface area contributed by atoms with Crippen molar-refractivity contribution in [1.82, 2.24) is 4.98 Å². The number of nitrogens with zero attached hydrogens (tertiary/aromatic N) is 1. The van der Waals surface area contributed by atoms with Crippen molar-refractivity contribution in [2.24, 2.45) is 0 Å². The number of rotatable bonds is 6. The van der Waals surface area contributed by atoms with Crippen LogP contribution < -0.4 is 5.32 Å². The molecule has 1 heterocycles. The van der Waals surface area contributed by atoms with Crippen molar-refractivity contribution in [1.29, 1.82) is 0 Å². The van der Waals surface area contributed by atoms with Gasteiger partial charge in [-0.1, -0.05) is 6.07 Å². The van der Waals surface area contributed by atoms with E-state index in [1.807, 2.05) is 0 Å². The molecule has 0 radical (unpaired) electrons. The van der Waals surface area contributed by atoms with E-state index < -0.39 is 21.1 Å². The zero-order chi connectivity index (χ0) is 13.8. The van der Waals surface area contributed by atoms with Crippen molar-refractivity contribution >= 4 is 21.6 Å². The number of aromatic nitrogens is 1. The zero-order valence-corrected chi connectivity index (χ0v) is 11.1. The molecule has 0 amide bonds. The van der Waals surface area contributed by atoms with Crippen LogP contribution in [-0.4, -0.2) is 42.0 Å². The average Bonchev–Trinajstić information content (AvgIpc) is 2.29. The minimum Gasteiger partial charge on any atom is -0.477 e. The van der Waals surface area contributed by atoms with Crippen LogP contribution in [0.5, 0.6) is 0 Å². The Morgan fingerprint density at radius 2 is 2.11 bits per heavy atom. The maximum Gasteiger partial charge on any atom is 0.354 e. The Morgan fingerprint density at radius 1 is 1.44 bits per heavy atom. The topological polar surface area (TPSA) is 96.4 Å². The summed E-state index contributed by atoms with van der Waals surface area (Å²) >= 11 is 0. The van der Waals surface area contributed by atoms with Crippen LogP contribution in [0.4, 0.5) is 5.82 Å². The van der Waals surface area contributed by atoms with Gasteiger partial charge in [-0.3, -0.25) is 0 Å². The third kappa shape index (κ3) is 3.99. The second-order valence-corrected chi connectivity index (χ2v) is 6.73. The molecule has 18 heavy (non-hydrogen) atoms. The summed E-state index contributed by atoms with van der Waals surface area (Å²) in [6.07, 6.45) is 0. The van der Waals surface area contributed by atoms with Gasteiger partial charge in [0.05, 0.1) is 11.0 Å². The molecule has 1 rings (SSSR count). The van der Waals surface area contributed by atoms with Gasteiger partial charge in [0.2, 0.25) is 0 Å². The maximum absolute atomic E-state index is 11.5. The smallest absolute Gasteiger partial charge is 0.354 e. The molecule has 0 aromatic carbocycles. The van der Waals surface area contributed by atoms with Gasteiger partial charge < -0.3 is 10.4 Å². The van der Waals surface area contributed by atoms with Crippen LogP contribution in [0.25, 0.3) is 0 Å². The Morgan fingerprint density at radius 3 is 2.67 bits per heavy atom. The molecule has 0 aliphatic rings. The normalized spacial score (nSPS) is 11.5. The molecule has 0 saturated carbocycles. The van der Waals surface area contributed by atoms with Crippen LogP contribution in [0.1, 0.15) is 24.3 Å². The van der Waals surface area contributed by atoms with Gasteiger partial charge in [-0.25, -0.2) is 18.2 Å². The fourth-order valence-corrected chi connectivity index (χ4v) is 2.07. The molecule has 6 nitrogen and oxygen atoms in total. The lowest BCUT2D eigenvalue weighted by atomic mass is 10.3. The highest BCUT2D eigenvalue weighted by atomic mass is 32.2. The molecule has 0 aliphatic carbocycles. The fraction of sp³-hybridized carbons (Fsp3) is 0.455. The number of anilines is 1. The second-order valence-electron chi connectivity index (χ2n) is 4.06. The Balaban J connectivity index is 2.60. The van der Waals surface area contributed by atoms with E-state index in [-0.39, 0.29) is 18.0 Å². The van der Waals surface area contributed by atoms with E-state index in [0.717, 1.165) is 0 Å². The minimum absolute atomic E-state index is 0.0103. The lowest BCUT2D eigenvalue weighted by molar-refractivity contribution is 0.0690. The fourth-order valence-electron chi connectivity index (χ4n) is 1.21. The summed E-state index contributed by atoms with van der Waals surface area (Å²) in [5, 5.41) is 11.1. The quantitative estimate of drug-likeness (QED) is 0.802. The summed E-state index contributed by atoms with van der Waals surface area (Å²) in [6, 6.07) is 4.52. The molecule has 0 bridgehead atoms. The predicted octanol–water partition coefficient (Wildman–Crippen LogP) is 1.01. The van der Waals surface area contributed by atoms with Gasteiger partial charge in [0, 0.05) is 6.54 Å². The highest BCUT2D eigenvalue weighted by Crippen LogP contribution is 2.06. The number of pyridine rings is 1. The van der Waals surface area contributed by atoms with Crippen LogP contribution >= 0.6 is 0 Å². The molecule has 0 saturated heterocycles. The lowest BCUT2D eigenvalue weighted by Gasteiger charge is -2.09. The summed E-state index contributed by atoms with van der Waals surface area (Å²) in [5.41, 5.74) is -0.0771. The first kappa shape index (κ1) is 14.4. The highest BCUT2D eigenvalue weighted by molar-refractivity contribution is 7.92. The van der Waals surface area contributed by atoms with Crippen LogP contribution in [-0.2, 0) is 9.84 Å². The molecule has 1 aromatic heterocycles. The number of carboxylic acid groups (broad SMARTS) is 1. The van der Waals surface area contributed by atoms with Crippen LogP contribution in [0.3, 0.4) is 0 Å². The maximum atomic E-state index is 11.5. The van der Waals surface area contributed by atoms with Gasteiger partial charge in [0.25, 0.3) is 0 Å². The van der Waals surface area contributed by atoms with E-state index in [2.05, 4.69) is 10.3 Å². The number of hydrogen-bond acceptors (Lipinski definition) is 5. The third-order valence-electron chi connectivity index (χ3n) is 2.38. The van der Waals surface area contributed by atoms with Crippen LogP contribution in [0, 0.1) is 0 Å². The largest absolute Gasteiger partial charge is 0.477 e. The zero-order valence-electron chi connectivity index (χ0n) is 10.3. The summed E-state index contributed by atoms with van der Waals surface area (Å²) in [5.74, 6) is -0.772. The summed E-state index contributed by atoms with van der Waals surface area (Å²) in [7, 11) is -3.10. The van der Waals surface area contributed by atoms with Crippen molar-refractivity contribution in [2.45, 2.75) is 19.1 Å². The molecule has 0 fully saturated rings. The highest BCUT2D eigenvalue weighted by Gasteiger charge is 2.15. The van der Waals surface area contributed by atoms with Crippen molar-refractivity contribution in [3.8, 4) is 0 Å². The first-order valence-corrected chi connectivity index (χ1v) is 7.20. The molecule has 1 aromatic rings. The predicted molar refractivity (Wildman–Crippen MR) is 68.6 cm³/mol. The van der Waals surface area contributed by atoms with E-state index >= 15 is 0 Å². The monoisotopic (exact) mass is 272 g/mol. The van der Waals surface area contributed by atoms with E-state index in [0.29, 0.717) is 5.82 Å².